The Hall–Kier alpha value is -1.90. The lowest BCUT2D eigenvalue weighted by molar-refractivity contribution is 0.355. The van der Waals surface area contributed by atoms with E-state index in [1.165, 1.54) is 12.7 Å². The number of ether oxygens (including phenoxy) is 1. The maximum Gasteiger partial charge on any atom is 0.171 e. The summed E-state index contributed by atoms with van der Waals surface area (Å²) in [4.78, 5) is 0. The maximum atomic E-state index is 10.6. The van der Waals surface area contributed by atoms with Gasteiger partial charge in [-0.05, 0) is 30.6 Å². The molecule has 2 N–H and O–H groups in total. The van der Waals surface area contributed by atoms with Gasteiger partial charge in [0.2, 0.25) is 0 Å². The van der Waals surface area contributed by atoms with E-state index in [4.69, 9.17) is 4.74 Å². The Morgan fingerprint density at radius 2 is 1.58 bits per heavy atom. The van der Waals surface area contributed by atoms with Gasteiger partial charge in [-0.3, -0.25) is 0 Å². The first-order chi connectivity index (χ1) is 10.8. The van der Waals surface area contributed by atoms with Gasteiger partial charge in [0.1, 0.15) is 5.75 Å². The molecule has 0 amide bonds. The number of phenolic OH excluding ortho intramolecular Hbond substituents is 2. The van der Waals surface area contributed by atoms with Gasteiger partial charge in [0.25, 0.3) is 0 Å². The topological polar surface area (TPSA) is 49.7 Å². The van der Waals surface area contributed by atoms with Gasteiger partial charge >= 0.3 is 0 Å². The molecular formula is C21H32O3. The lowest BCUT2D eigenvalue weighted by Crippen LogP contribution is -2.29. The molecule has 0 aliphatic carbocycles. The van der Waals surface area contributed by atoms with Crippen LogP contribution < -0.4 is 15.2 Å². The maximum absolute atomic E-state index is 10.6. The van der Waals surface area contributed by atoms with Crippen LogP contribution in [0.1, 0.15) is 59.9 Å². The van der Waals surface area contributed by atoms with Crippen LogP contribution in [0.25, 0.3) is 13.2 Å². The van der Waals surface area contributed by atoms with E-state index in [1.807, 2.05) is 13.8 Å². The molecule has 0 radical (unpaired) electrons. The Balaban J connectivity index is 3.33. The van der Waals surface area contributed by atoms with Crippen molar-refractivity contribution < 1.29 is 14.9 Å². The minimum Gasteiger partial charge on any atom is -0.507 e. The average molecular weight is 332 g/mol. The second-order valence-electron chi connectivity index (χ2n) is 8.44. The third-order valence-electron chi connectivity index (χ3n) is 4.25. The van der Waals surface area contributed by atoms with Crippen molar-refractivity contribution in [3.63, 3.8) is 0 Å². The van der Waals surface area contributed by atoms with Gasteiger partial charge < -0.3 is 14.9 Å². The van der Waals surface area contributed by atoms with Crippen LogP contribution in [0.3, 0.4) is 0 Å². The lowest BCUT2D eigenvalue weighted by atomic mass is 9.78. The lowest BCUT2D eigenvalue weighted by Gasteiger charge is -2.27. The monoisotopic (exact) mass is 332 g/mol. The zero-order valence-corrected chi connectivity index (χ0v) is 16.2. The molecule has 0 aliphatic rings. The quantitative estimate of drug-likeness (QED) is 0.633. The highest BCUT2D eigenvalue weighted by molar-refractivity contribution is 5.56. The molecule has 0 saturated carbocycles. The third-order valence-corrected chi connectivity index (χ3v) is 4.25. The Kier molecular flexibility index (Phi) is 5.81. The number of methoxy groups -OCH3 is 1. The predicted molar refractivity (Wildman–Crippen MR) is 102 cm³/mol. The van der Waals surface area contributed by atoms with Crippen LogP contribution in [0.4, 0.5) is 0 Å². The Bertz CT molecular complexity index is 734. The van der Waals surface area contributed by atoms with Gasteiger partial charge in [-0.15, -0.1) is 0 Å². The van der Waals surface area contributed by atoms with Gasteiger partial charge in [-0.25, -0.2) is 0 Å². The summed E-state index contributed by atoms with van der Waals surface area (Å²) in [5, 5.41) is 21.6. The summed E-state index contributed by atoms with van der Waals surface area (Å²) in [6.45, 7) is 20.6. The van der Waals surface area contributed by atoms with E-state index >= 15 is 0 Å². The number of allylic oxidation sites excluding steroid dienone is 2. The van der Waals surface area contributed by atoms with Crippen LogP contribution >= 0.6 is 0 Å². The average Bonchev–Trinajstić information content (AvgIpc) is 2.42. The van der Waals surface area contributed by atoms with Crippen LogP contribution in [0, 0.1) is 5.41 Å². The van der Waals surface area contributed by atoms with Crippen molar-refractivity contribution in [2.24, 2.45) is 5.41 Å². The molecule has 24 heavy (non-hydrogen) atoms. The van der Waals surface area contributed by atoms with Gasteiger partial charge in [-0.2, -0.15) is 0 Å². The van der Waals surface area contributed by atoms with Gasteiger partial charge in [0.15, 0.2) is 11.5 Å². The molecule has 3 nitrogen and oxygen atoms in total. The summed E-state index contributed by atoms with van der Waals surface area (Å²) in [7, 11) is 1.44. The van der Waals surface area contributed by atoms with Gasteiger partial charge in [0.05, 0.1) is 12.3 Å². The van der Waals surface area contributed by atoms with E-state index in [9.17, 15) is 10.2 Å². The number of hydrogen-bond acceptors (Lipinski definition) is 3. The molecular weight excluding hydrogens is 300 g/mol. The van der Waals surface area contributed by atoms with E-state index in [0.717, 1.165) is 12.8 Å². The molecule has 0 atom stereocenters. The van der Waals surface area contributed by atoms with E-state index in [2.05, 4.69) is 46.9 Å². The predicted octanol–water partition coefficient (Wildman–Crippen LogP) is 3.98. The van der Waals surface area contributed by atoms with Crippen molar-refractivity contribution in [3.8, 4) is 17.2 Å². The molecule has 1 rings (SSSR count). The molecule has 3 heteroatoms. The SMILES string of the molecule is C=c1c(O)c(C(C)(C)CC=C(C)CC(C)(C)C)c(=C)c(O)c1OC. The fourth-order valence-electron chi connectivity index (χ4n) is 3.19. The number of hydrogen-bond donors (Lipinski definition) is 2. The standard InChI is InChI=1S/C21H32O3/c1-13(12-20(4,5)6)10-11-21(7,8)16-14(2)18(23)19(24-9)15(3)17(16)22/h10,22-23H,2-3,11-12H2,1,4-9H3. The van der Waals surface area contributed by atoms with Crippen molar-refractivity contribution in [1.29, 1.82) is 0 Å². The summed E-state index contributed by atoms with van der Waals surface area (Å²) in [5.74, 6) is 0.164. The Labute approximate surface area is 146 Å². The second kappa shape index (κ2) is 6.92. The molecule has 0 heterocycles. The van der Waals surface area contributed by atoms with Crippen molar-refractivity contribution in [2.45, 2.75) is 59.8 Å². The fourth-order valence-corrected chi connectivity index (χ4v) is 3.19. The zero-order valence-electron chi connectivity index (χ0n) is 16.2. The molecule has 0 saturated heterocycles. The van der Waals surface area contributed by atoms with Crippen LogP contribution in [-0.4, -0.2) is 17.3 Å². The molecule has 0 bridgehead atoms. The summed E-state index contributed by atoms with van der Waals surface area (Å²) >= 11 is 0. The molecule has 0 spiro atoms. The van der Waals surface area contributed by atoms with E-state index in [-0.39, 0.29) is 22.7 Å². The van der Waals surface area contributed by atoms with Gasteiger partial charge in [-0.1, -0.05) is 59.4 Å². The summed E-state index contributed by atoms with van der Waals surface area (Å²) in [6.07, 6.45) is 3.95. The fraction of sp³-hybridized carbons (Fsp3) is 0.524. The van der Waals surface area contributed by atoms with Crippen LogP contribution in [0.2, 0.25) is 0 Å². The minimum absolute atomic E-state index is 0.0431. The van der Waals surface area contributed by atoms with Crippen LogP contribution in [0.5, 0.6) is 17.2 Å². The highest BCUT2D eigenvalue weighted by atomic mass is 16.5. The zero-order chi connectivity index (χ0) is 18.9. The Morgan fingerprint density at radius 3 is 2.04 bits per heavy atom. The van der Waals surface area contributed by atoms with E-state index in [1.54, 1.807) is 0 Å². The molecule has 0 unspecified atom stereocenters. The first kappa shape index (κ1) is 20.1. The smallest absolute Gasteiger partial charge is 0.171 e. The first-order valence-corrected chi connectivity index (χ1v) is 8.27. The number of rotatable bonds is 5. The third kappa shape index (κ3) is 4.34. The molecule has 0 aromatic heterocycles. The van der Waals surface area contributed by atoms with E-state index in [0.29, 0.717) is 16.0 Å². The van der Waals surface area contributed by atoms with Crippen molar-refractivity contribution in [3.05, 3.63) is 27.6 Å². The summed E-state index contributed by atoms with van der Waals surface area (Å²) in [5.41, 5.74) is 1.78. The van der Waals surface area contributed by atoms with Crippen molar-refractivity contribution >= 4 is 13.2 Å². The van der Waals surface area contributed by atoms with Gasteiger partial charge in [0, 0.05) is 10.8 Å². The number of benzene rings is 1. The van der Waals surface area contributed by atoms with E-state index < -0.39 is 5.41 Å². The summed E-state index contributed by atoms with van der Waals surface area (Å²) in [6, 6.07) is 0. The Morgan fingerprint density at radius 1 is 1.04 bits per heavy atom. The number of aromatic hydroxyl groups is 2. The molecule has 1 aromatic carbocycles. The second-order valence-corrected chi connectivity index (χ2v) is 8.44. The molecule has 134 valence electrons. The van der Waals surface area contributed by atoms with Crippen LogP contribution in [0.15, 0.2) is 11.6 Å². The number of phenols is 2. The van der Waals surface area contributed by atoms with Crippen LogP contribution in [-0.2, 0) is 5.41 Å². The highest BCUT2D eigenvalue weighted by Gasteiger charge is 2.27. The highest BCUT2D eigenvalue weighted by Crippen LogP contribution is 2.34. The van der Waals surface area contributed by atoms with Crippen molar-refractivity contribution in [1.82, 2.24) is 0 Å². The molecule has 0 fully saturated rings. The molecule has 0 aliphatic heterocycles. The minimum atomic E-state index is -0.392. The molecule has 1 aromatic rings. The normalized spacial score (nSPS) is 13.2. The first-order valence-electron chi connectivity index (χ1n) is 8.27. The largest absolute Gasteiger partial charge is 0.507 e. The van der Waals surface area contributed by atoms with Crippen molar-refractivity contribution in [2.75, 3.05) is 7.11 Å². The summed E-state index contributed by atoms with van der Waals surface area (Å²) < 4.78 is 5.13.